The third-order valence-electron chi connectivity index (χ3n) is 5.25. The molecule has 1 aliphatic carbocycles. The fourth-order valence-electron chi connectivity index (χ4n) is 4.37. The molecule has 1 fully saturated rings. The summed E-state index contributed by atoms with van der Waals surface area (Å²) in [6.07, 6.45) is 7.98. The fraction of sp³-hybridized carbons (Fsp3) is 0.947. The highest BCUT2D eigenvalue weighted by Gasteiger charge is 2.52. The minimum absolute atomic E-state index is 0.423. The van der Waals surface area contributed by atoms with Crippen molar-refractivity contribution in [1.82, 2.24) is 0 Å². The van der Waals surface area contributed by atoms with Crippen molar-refractivity contribution < 1.29 is 5.11 Å². The second kappa shape index (κ2) is 7.63. The number of hydrogen-bond acceptors (Lipinski definition) is 2. The molecule has 2 heteroatoms. The summed E-state index contributed by atoms with van der Waals surface area (Å²) < 4.78 is 0. The summed E-state index contributed by atoms with van der Waals surface area (Å²) in [6, 6.07) is 2.58. The summed E-state index contributed by atoms with van der Waals surface area (Å²) >= 11 is 0. The third-order valence-corrected chi connectivity index (χ3v) is 5.25. The molecule has 1 N–H and O–H groups in total. The lowest BCUT2D eigenvalue weighted by Gasteiger charge is -2.48. The van der Waals surface area contributed by atoms with E-state index in [-0.39, 0.29) is 0 Å². The van der Waals surface area contributed by atoms with Crippen LogP contribution in [0.1, 0.15) is 86.0 Å². The van der Waals surface area contributed by atoms with Crippen molar-refractivity contribution in [3.05, 3.63) is 0 Å². The van der Waals surface area contributed by atoms with E-state index in [0.717, 1.165) is 44.4 Å². The second-order valence-corrected chi connectivity index (χ2v) is 8.15. The van der Waals surface area contributed by atoms with E-state index >= 15 is 0 Å². The topological polar surface area (TPSA) is 44.0 Å². The van der Waals surface area contributed by atoms with Gasteiger partial charge in [0.1, 0.15) is 0 Å². The molecule has 1 aliphatic rings. The molecule has 0 amide bonds. The highest BCUT2D eigenvalue weighted by atomic mass is 16.3. The SMILES string of the molecule is CCCC1CCC(C#N)(C(O)(CC(C)C)CC(C)C)CC1. The van der Waals surface area contributed by atoms with Gasteiger partial charge in [-0.15, -0.1) is 0 Å². The molecule has 0 saturated heterocycles. The van der Waals surface area contributed by atoms with Gasteiger partial charge in [0.15, 0.2) is 0 Å². The number of rotatable bonds is 7. The van der Waals surface area contributed by atoms with Crippen LogP contribution >= 0.6 is 0 Å². The van der Waals surface area contributed by atoms with Crippen LogP contribution in [0.25, 0.3) is 0 Å². The molecule has 0 aromatic heterocycles. The maximum absolute atomic E-state index is 11.4. The molecule has 0 aromatic rings. The molecule has 0 atom stereocenters. The van der Waals surface area contributed by atoms with Gasteiger partial charge in [0.25, 0.3) is 0 Å². The summed E-state index contributed by atoms with van der Waals surface area (Å²) in [5.41, 5.74) is -1.34. The molecule has 0 spiro atoms. The maximum Gasteiger partial charge on any atom is 0.0860 e. The van der Waals surface area contributed by atoms with Gasteiger partial charge >= 0.3 is 0 Å². The summed E-state index contributed by atoms with van der Waals surface area (Å²) in [5.74, 6) is 1.61. The van der Waals surface area contributed by atoms with Crippen molar-refractivity contribution in [2.45, 2.75) is 91.6 Å². The normalized spacial score (nSPS) is 27.1. The van der Waals surface area contributed by atoms with Crippen molar-refractivity contribution in [2.75, 3.05) is 0 Å². The molecule has 1 saturated carbocycles. The highest BCUT2D eigenvalue weighted by molar-refractivity contribution is 5.13. The lowest BCUT2D eigenvalue weighted by molar-refractivity contribution is -0.104. The van der Waals surface area contributed by atoms with Crippen molar-refractivity contribution in [3.63, 3.8) is 0 Å². The predicted octanol–water partition coefficient (Wildman–Crippen LogP) is 5.31. The van der Waals surface area contributed by atoms with E-state index in [2.05, 4.69) is 40.7 Å². The average molecular weight is 293 g/mol. The van der Waals surface area contributed by atoms with Gasteiger partial charge in [-0.2, -0.15) is 5.26 Å². The quantitative estimate of drug-likeness (QED) is 0.691. The van der Waals surface area contributed by atoms with Crippen molar-refractivity contribution in [2.24, 2.45) is 23.2 Å². The Morgan fingerprint density at radius 3 is 1.95 bits per heavy atom. The second-order valence-electron chi connectivity index (χ2n) is 8.15. The molecule has 0 heterocycles. The van der Waals surface area contributed by atoms with Gasteiger partial charge < -0.3 is 5.11 Å². The molecular weight excluding hydrogens is 258 g/mol. The van der Waals surface area contributed by atoms with Crippen LogP contribution in [0, 0.1) is 34.5 Å². The molecule has 0 aromatic carbocycles. The van der Waals surface area contributed by atoms with E-state index in [4.69, 9.17) is 0 Å². The Morgan fingerprint density at radius 2 is 1.62 bits per heavy atom. The van der Waals surface area contributed by atoms with E-state index in [1.807, 2.05) is 0 Å². The van der Waals surface area contributed by atoms with Crippen LogP contribution in [0.5, 0.6) is 0 Å². The molecular formula is C19H35NO. The van der Waals surface area contributed by atoms with E-state index in [1.54, 1.807) is 0 Å². The van der Waals surface area contributed by atoms with Crippen LogP contribution < -0.4 is 0 Å². The number of hydrogen-bond donors (Lipinski definition) is 1. The van der Waals surface area contributed by atoms with Crippen molar-refractivity contribution in [1.29, 1.82) is 5.26 Å². The predicted molar refractivity (Wildman–Crippen MR) is 88.8 cm³/mol. The summed E-state index contributed by atoms with van der Waals surface area (Å²) in [5, 5.41) is 21.3. The van der Waals surface area contributed by atoms with Crippen LogP contribution in [-0.2, 0) is 0 Å². The molecule has 1 rings (SSSR count). The van der Waals surface area contributed by atoms with Gasteiger partial charge in [0.05, 0.1) is 17.1 Å². The van der Waals surface area contributed by atoms with E-state index in [9.17, 15) is 10.4 Å². The van der Waals surface area contributed by atoms with Crippen LogP contribution in [0.3, 0.4) is 0 Å². The standard InChI is InChI=1S/C19H35NO/c1-6-7-17-8-10-18(14-20,11-9-17)19(21,12-15(2)3)13-16(4)5/h15-17,21H,6-13H2,1-5H3. The monoisotopic (exact) mass is 293 g/mol. The zero-order valence-electron chi connectivity index (χ0n) is 14.8. The lowest BCUT2D eigenvalue weighted by Crippen LogP contribution is -2.51. The average Bonchev–Trinajstić information content (AvgIpc) is 2.38. The summed E-state index contributed by atoms with van der Waals surface area (Å²) in [7, 11) is 0. The molecule has 0 unspecified atom stereocenters. The molecule has 21 heavy (non-hydrogen) atoms. The first-order chi connectivity index (χ1) is 9.78. The van der Waals surface area contributed by atoms with Gasteiger partial charge in [-0.1, -0.05) is 47.5 Å². The summed E-state index contributed by atoms with van der Waals surface area (Å²) in [4.78, 5) is 0. The Labute approximate surface area is 131 Å². The molecule has 0 radical (unpaired) electrons. The van der Waals surface area contributed by atoms with E-state index < -0.39 is 11.0 Å². The Balaban J connectivity index is 2.94. The largest absolute Gasteiger partial charge is 0.388 e. The number of nitrogens with zero attached hydrogens (tertiary/aromatic N) is 1. The Bertz CT molecular complexity index is 335. The van der Waals surface area contributed by atoms with Gasteiger partial charge in [0, 0.05) is 0 Å². The van der Waals surface area contributed by atoms with Crippen molar-refractivity contribution >= 4 is 0 Å². The van der Waals surface area contributed by atoms with Gasteiger partial charge in [-0.05, 0) is 56.3 Å². The fourth-order valence-corrected chi connectivity index (χ4v) is 4.37. The maximum atomic E-state index is 11.4. The third kappa shape index (κ3) is 4.46. The first kappa shape index (κ1) is 18.5. The minimum atomic E-state index is -0.818. The molecule has 0 aliphatic heterocycles. The minimum Gasteiger partial charge on any atom is -0.388 e. The van der Waals surface area contributed by atoms with E-state index in [1.165, 1.54) is 12.8 Å². The van der Waals surface area contributed by atoms with Crippen LogP contribution in [-0.4, -0.2) is 10.7 Å². The molecule has 122 valence electrons. The summed E-state index contributed by atoms with van der Waals surface area (Å²) in [6.45, 7) is 10.8. The van der Waals surface area contributed by atoms with Crippen molar-refractivity contribution in [3.8, 4) is 6.07 Å². The molecule has 2 nitrogen and oxygen atoms in total. The lowest BCUT2D eigenvalue weighted by atomic mass is 9.58. The van der Waals surface area contributed by atoms with Gasteiger partial charge in [0.2, 0.25) is 0 Å². The Kier molecular flexibility index (Phi) is 6.72. The van der Waals surface area contributed by atoms with Crippen LogP contribution in [0.15, 0.2) is 0 Å². The van der Waals surface area contributed by atoms with Crippen LogP contribution in [0.2, 0.25) is 0 Å². The van der Waals surface area contributed by atoms with Crippen LogP contribution in [0.4, 0.5) is 0 Å². The Morgan fingerprint density at radius 1 is 1.14 bits per heavy atom. The zero-order valence-corrected chi connectivity index (χ0v) is 14.8. The highest BCUT2D eigenvalue weighted by Crippen LogP contribution is 2.51. The molecule has 0 bridgehead atoms. The van der Waals surface area contributed by atoms with E-state index in [0.29, 0.717) is 11.8 Å². The first-order valence-corrected chi connectivity index (χ1v) is 8.92. The number of nitriles is 1. The zero-order chi connectivity index (χ0) is 16.1. The van der Waals surface area contributed by atoms with Gasteiger partial charge in [-0.3, -0.25) is 0 Å². The van der Waals surface area contributed by atoms with Gasteiger partial charge in [-0.25, -0.2) is 0 Å². The first-order valence-electron chi connectivity index (χ1n) is 8.92. The Hall–Kier alpha value is -0.550. The number of aliphatic hydroxyl groups is 1. The smallest absolute Gasteiger partial charge is 0.0860 e.